The minimum absolute atomic E-state index is 0.0335. The van der Waals surface area contributed by atoms with Crippen LogP contribution in [0.4, 0.5) is 5.69 Å². The molecule has 0 unspecified atom stereocenters. The molecule has 0 radical (unpaired) electrons. The molecule has 1 amide bonds. The number of benzene rings is 1. The highest BCUT2D eigenvalue weighted by atomic mass is 79.9. The van der Waals surface area contributed by atoms with E-state index in [0.29, 0.717) is 26.2 Å². The molecular formula is C13H20BrN3O2. The van der Waals surface area contributed by atoms with E-state index >= 15 is 0 Å². The molecule has 1 aromatic rings. The number of nitrogens with one attached hydrogen (secondary N) is 1. The van der Waals surface area contributed by atoms with Gasteiger partial charge in [0.15, 0.2) is 0 Å². The van der Waals surface area contributed by atoms with E-state index in [2.05, 4.69) is 21.2 Å². The Morgan fingerprint density at radius 1 is 1.47 bits per heavy atom. The van der Waals surface area contributed by atoms with Crippen LogP contribution in [0, 0.1) is 0 Å². The van der Waals surface area contributed by atoms with Gasteiger partial charge in [0, 0.05) is 37.4 Å². The standard InChI is InChI=1S/C13H20BrN3O2/c1-17(9-13(18)16-3-4-19-2)12-6-10(8-15)5-11(14)7-12/h5-7H,3-4,8-9,15H2,1-2H3,(H,16,18). The monoisotopic (exact) mass is 329 g/mol. The molecule has 3 N–H and O–H groups in total. The molecule has 0 fully saturated rings. The minimum atomic E-state index is -0.0335. The van der Waals surface area contributed by atoms with Crippen molar-refractivity contribution in [2.75, 3.05) is 38.8 Å². The van der Waals surface area contributed by atoms with Crippen molar-refractivity contribution in [3.8, 4) is 0 Å². The van der Waals surface area contributed by atoms with E-state index < -0.39 is 0 Å². The largest absolute Gasteiger partial charge is 0.383 e. The Balaban J connectivity index is 2.59. The number of hydrogen-bond donors (Lipinski definition) is 2. The van der Waals surface area contributed by atoms with Crippen LogP contribution in [0.25, 0.3) is 0 Å². The van der Waals surface area contributed by atoms with Gasteiger partial charge in [-0.3, -0.25) is 4.79 Å². The second-order valence-corrected chi connectivity index (χ2v) is 5.14. The van der Waals surface area contributed by atoms with Crippen molar-refractivity contribution >= 4 is 27.5 Å². The summed E-state index contributed by atoms with van der Waals surface area (Å²) < 4.78 is 5.84. The smallest absolute Gasteiger partial charge is 0.239 e. The number of methoxy groups -OCH3 is 1. The molecule has 1 rings (SSSR count). The van der Waals surface area contributed by atoms with Crippen LogP contribution in [0.3, 0.4) is 0 Å². The highest BCUT2D eigenvalue weighted by Gasteiger charge is 2.08. The van der Waals surface area contributed by atoms with Gasteiger partial charge in [-0.05, 0) is 23.8 Å². The van der Waals surface area contributed by atoms with E-state index in [4.69, 9.17) is 10.5 Å². The molecule has 0 aliphatic carbocycles. The van der Waals surface area contributed by atoms with Crippen molar-refractivity contribution < 1.29 is 9.53 Å². The van der Waals surface area contributed by atoms with Gasteiger partial charge in [-0.25, -0.2) is 0 Å². The average molecular weight is 330 g/mol. The quantitative estimate of drug-likeness (QED) is 0.735. The molecule has 19 heavy (non-hydrogen) atoms. The minimum Gasteiger partial charge on any atom is -0.383 e. The highest BCUT2D eigenvalue weighted by molar-refractivity contribution is 9.10. The molecular weight excluding hydrogens is 310 g/mol. The zero-order valence-corrected chi connectivity index (χ0v) is 12.9. The maximum Gasteiger partial charge on any atom is 0.239 e. The molecule has 106 valence electrons. The Morgan fingerprint density at radius 2 is 2.21 bits per heavy atom. The summed E-state index contributed by atoms with van der Waals surface area (Å²) in [5.41, 5.74) is 7.62. The topological polar surface area (TPSA) is 67.6 Å². The number of amides is 1. The first-order valence-electron chi connectivity index (χ1n) is 6.03. The van der Waals surface area contributed by atoms with Crippen LogP contribution in [0.5, 0.6) is 0 Å². The average Bonchev–Trinajstić information content (AvgIpc) is 2.38. The molecule has 5 nitrogen and oxygen atoms in total. The number of nitrogens with zero attached hydrogens (tertiary/aromatic N) is 1. The number of likely N-dealkylation sites (N-methyl/N-ethyl adjacent to an activating group) is 1. The van der Waals surface area contributed by atoms with Gasteiger partial charge in [0.1, 0.15) is 0 Å². The summed E-state index contributed by atoms with van der Waals surface area (Å²) in [5.74, 6) is -0.0335. The van der Waals surface area contributed by atoms with E-state index in [1.807, 2.05) is 30.1 Å². The van der Waals surface area contributed by atoms with Crippen molar-refractivity contribution in [2.24, 2.45) is 5.73 Å². The van der Waals surface area contributed by atoms with Crippen molar-refractivity contribution in [2.45, 2.75) is 6.54 Å². The van der Waals surface area contributed by atoms with Crippen molar-refractivity contribution in [1.82, 2.24) is 5.32 Å². The molecule has 0 aliphatic heterocycles. The Kier molecular flexibility index (Phi) is 6.83. The van der Waals surface area contributed by atoms with Gasteiger partial charge in [-0.1, -0.05) is 15.9 Å². The summed E-state index contributed by atoms with van der Waals surface area (Å²) in [4.78, 5) is 13.6. The second-order valence-electron chi connectivity index (χ2n) is 4.22. The van der Waals surface area contributed by atoms with Crippen LogP contribution >= 0.6 is 15.9 Å². The van der Waals surface area contributed by atoms with E-state index in [1.165, 1.54) is 0 Å². The van der Waals surface area contributed by atoms with E-state index in [0.717, 1.165) is 15.7 Å². The summed E-state index contributed by atoms with van der Waals surface area (Å²) in [6, 6.07) is 5.91. The van der Waals surface area contributed by atoms with Crippen LogP contribution < -0.4 is 16.0 Å². The third kappa shape index (κ3) is 5.59. The Morgan fingerprint density at radius 3 is 2.84 bits per heavy atom. The fourth-order valence-electron chi connectivity index (χ4n) is 1.63. The summed E-state index contributed by atoms with van der Waals surface area (Å²) in [6.45, 7) is 1.81. The summed E-state index contributed by atoms with van der Waals surface area (Å²) >= 11 is 3.44. The molecule has 1 aromatic carbocycles. The lowest BCUT2D eigenvalue weighted by Crippen LogP contribution is -2.36. The maximum absolute atomic E-state index is 11.7. The van der Waals surface area contributed by atoms with Crippen molar-refractivity contribution in [3.63, 3.8) is 0 Å². The van der Waals surface area contributed by atoms with Crippen LogP contribution in [0.2, 0.25) is 0 Å². The Bertz CT molecular complexity index is 426. The van der Waals surface area contributed by atoms with Gasteiger partial charge < -0.3 is 20.7 Å². The number of carbonyl (C=O) groups is 1. The molecule has 0 saturated heterocycles. The van der Waals surface area contributed by atoms with Crippen LogP contribution in [0.1, 0.15) is 5.56 Å². The second kappa shape index (κ2) is 8.14. The van der Waals surface area contributed by atoms with Gasteiger partial charge in [0.2, 0.25) is 5.91 Å². The number of ether oxygens (including phenoxy) is 1. The SMILES string of the molecule is COCCNC(=O)CN(C)c1cc(Br)cc(CN)c1. The van der Waals surface area contributed by atoms with E-state index in [9.17, 15) is 4.79 Å². The van der Waals surface area contributed by atoms with Gasteiger partial charge in [-0.2, -0.15) is 0 Å². The van der Waals surface area contributed by atoms with Crippen LogP contribution in [-0.2, 0) is 16.1 Å². The molecule has 6 heteroatoms. The molecule has 0 spiro atoms. The summed E-state index contributed by atoms with van der Waals surface area (Å²) in [6.07, 6.45) is 0. The first-order valence-corrected chi connectivity index (χ1v) is 6.82. The lowest BCUT2D eigenvalue weighted by atomic mass is 10.2. The highest BCUT2D eigenvalue weighted by Crippen LogP contribution is 2.21. The summed E-state index contributed by atoms with van der Waals surface area (Å²) in [5, 5.41) is 2.79. The Hall–Kier alpha value is -1.11. The Labute approximate surface area is 122 Å². The zero-order chi connectivity index (χ0) is 14.3. The van der Waals surface area contributed by atoms with Gasteiger partial charge in [-0.15, -0.1) is 0 Å². The number of carbonyl (C=O) groups excluding carboxylic acids is 1. The van der Waals surface area contributed by atoms with Gasteiger partial charge in [0.25, 0.3) is 0 Å². The number of rotatable bonds is 7. The third-order valence-corrected chi connectivity index (χ3v) is 3.09. The zero-order valence-electron chi connectivity index (χ0n) is 11.3. The third-order valence-electron chi connectivity index (χ3n) is 2.63. The molecule has 0 heterocycles. The van der Waals surface area contributed by atoms with Crippen molar-refractivity contribution in [3.05, 3.63) is 28.2 Å². The fourth-order valence-corrected chi connectivity index (χ4v) is 2.16. The van der Waals surface area contributed by atoms with E-state index in [1.54, 1.807) is 7.11 Å². The molecule has 0 aromatic heterocycles. The normalized spacial score (nSPS) is 10.3. The number of anilines is 1. The van der Waals surface area contributed by atoms with Crippen LogP contribution in [0.15, 0.2) is 22.7 Å². The molecule has 0 atom stereocenters. The molecule has 0 saturated carbocycles. The predicted octanol–water partition coefficient (Wildman–Crippen LogP) is 1.11. The van der Waals surface area contributed by atoms with Crippen LogP contribution in [-0.4, -0.2) is 39.8 Å². The number of nitrogens with two attached hydrogens (primary N) is 1. The van der Waals surface area contributed by atoms with E-state index in [-0.39, 0.29) is 5.91 Å². The lowest BCUT2D eigenvalue weighted by molar-refractivity contribution is -0.119. The fraction of sp³-hybridized carbons (Fsp3) is 0.462. The van der Waals surface area contributed by atoms with Gasteiger partial charge >= 0.3 is 0 Å². The summed E-state index contributed by atoms with van der Waals surface area (Å²) in [7, 11) is 3.48. The lowest BCUT2D eigenvalue weighted by Gasteiger charge is -2.20. The maximum atomic E-state index is 11.7. The van der Waals surface area contributed by atoms with Crippen molar-refractivity contribution in [1.29, 1.82) is 0 Å². The molecule has 0 aliphatic rings. The first-order chi connectivity index (χ1) is 9.06. The predicted molar refractivity (Wildman–Crippen MR) is 80.2 cm³/mol. The number of hydrogen-bond acceptors (Lipinski definition) is 4. The molecule has 0 bridgehead atoms. The van der Waals surface area contributed by atoms with Gasteiger partial charge in [0.05, 0.1) is 13.2 Å². The number of halogens is 1. The first kappa shape index (κ1) is 15.9.